The van der Waals surface area contributed by atoms with Crippen molar-refractivity contribution in [2.75, 3.05) is 0 Å². The maximum Gasteiger partial charge on any atom is 0.270 e. The Hall–Kier alpha value is -0.940. The van der Waals surface area contributed by atoms with Gasteiger partial charge in [0.1, 0.15) is 0 Å². The molecule has 0 aromatic heterocycles. The summed E-state index contributed by atoms with van der Waals surface area (Å²) >= 11 is 3.33. The van der Waals surface area contributed by atoms with E-state index in [0.717, 1.165) is 10.0 Å². The zero-order chi connectivity index (χ0) is 13.7. The second-order valence-electron chi connectivity index (χ2n) is 5.14. The predicted octanol–water partition coefficient (Wildman–Crippen LogP) is 4.17. The highest BCUT2D eigenvalue weighted by molar-refractivity contribution is 9.10. The highest BCUT2D eigenvalue weighted by atomic mass is 79.9. The summed E-state index contributed by atoms with van der Waals surface area (Å²) in [6, 6.07) is 5.68. The van der Waals surface area contributed by atoms with E-state index >= 15 is 0 Å². The third-order valence-electron chi connectivity index (χ3n) is 3.60. The first-order valence-corrected chi connectivity index (χ1v) is 7.62. The van der Waals surface area contributed by atoms with Gasteiger partial charge >= 0.3 is 0 Å². The SMILES string of the molecule is O=[N+]([O-])c1cc(Br)cc(CNC2CCCCCC2)c1. The molecule has 5 heteroatoms. The number of non-ortho nitro benzene ring substituents is 1. The van der Waals surface area contributed by atoms with E-state index in [1.807, 2.05) is 6.07 Å². The average Bonchev–Trinajstić information content (AvgIpc) is 2.64. The van der Waals surface area contributed by atoms with Crippen LogP contribution in [0.3, 0.4) is 0 Å². The van der Waals surface area contributed by atoms with Crippen molar-refractivity contribution in [2.45, 2.75) is 51.1 Å². The van der Waals surface area contributed by atoms with Gasteiger partial charge in [-0.3, -0.25) is 10.1 Å². The largest absolute Gasteiger partial charge is 0.310 e. The Bertz CT molecular complexity index is 443. The van der Waals surface area contributed by atoms with E-state index in [2.05, 4.69) is 21.2 Å². The fourth-order valence-corrected chi connectivity index (χ4v) is 3.12. The van der Waals surface area contributed by atoms with Gasteiger partial charge in [-0.25, -0.2) is 0 Å². The van der Waals surface area contributed by atoms with Gasteiger partial charge in [-0.2, -0.15) is 0 Å². The molecule has 104 valence electrons. The van der Waals surface area contributed by atoms with Gasteiger partial charge in [-0.15, -0.1) is 0 Å². The maximum absolute atomic E-state index is 10.8. The van der Waals surface area contributed by atoms with E-state index in [1.54, 1.807) is 6.07 Å². The van der Waals surface area contributed by atoms with Crippen molar-refractivity contribution in [1.29, 1.82) is 0 Å². The molecule has 1 fully saturated rings. The van der Waals surface area contributed by atoms with E-state index in [4.69, 9.17) is 0 Å². The van der Waals surface area contributed by atoms with Crippen LogP contribution in [0.1, 0.15) is 44.1 Å². The minimum atomic E-state index is -0.347. The van der Waals surface area contributed by atoms with Gasteiger partial charge in [0.2, 0.25) is 0 Å². The van der Waals surface area contributed by atoms with Gasteiger partial charge in [0.25, 0.3) is 5.69 Å². The van der Waals surface area contributed by atoms with Gasteiger partial charge in [-0.1, -0.05) is 41.6 Å². The van der Waals surface area contributed by atoms with E-state index < -0.39 is 0 Å². The number of nitrogens with zero attached hydrogens (tertiary/aromatic N) is 1. The zero-order valence-corrected chi connectivity index (χ0v) is 12.5. The van der Waals surface area contributed by atoms with Crippen LogP contribution < -0.4 is 5.32 Å². The summed E-state index contributed by atoms with van der Waals surface area (Å²) in [4.78, 5) is 10.5. The van der Waals surface area contributed by atoms with E-state index in [0.29, 0.717) is 12.6 Å². The number of hydrogen-bond acceptors (Lipinski definition) is 3. The Morgan fingerprint density at radius 3 is 2.53 bits per heavy atom. The number of benzene rings is 1. The number of nitro groups is 1. The average molecular weight is 327 g/mol. The van der Waals surface area contributed by atoms with Crippen molar-refractivity contribution < 1.29 is 4.92 Å². The Kier molecular flexibility index (Phi) is 5.34. The summed E-state index contributed by atoms with van der Waals surface area (Å²) in [6.45, 7) is 0.699. The van der Waals surface area contributed by atoms with Gasteiger partial charge in [-0.05, 0) is 24.5 Å². The summed E-state index contributed by atoms with van der Waals surface area (Å²) in [6.07, 6.45) is 7.68. The molecule has 1 saturated carbocycles. The summed E-state index contributed by atoms with van der Waals surface area (Å²) in [5, 5.41) is 14.3. The number of nitro benzene ring substituents is 1. The van der Waals surface area contributed by atoms with Gasteiger partial charge in [0, 0.05) is 29.2 Å². The summed E-state index contributed by atoms with van der Waals surface area (Å²) < 4.78 is 0.763. The smallest absolute Gasteiger partial charge is 0.270 e. The number of halogens is 1. The number of rotatable bonds is 4. The molecule has 1 aromatic rings. The van der Waals surface area contributed by atoms with E-state index in [-0.39, 0.29) is 10.6 Å². The molecule has 0 radical (unpaired) electrons. The molecule has 1 aliphatic carbocycles. The van der Waals surface area contributed by atoms with E-state index in [9.17, 15) is 10.1 Å². The quantitative estimate of drug-likeness (QED) is 0.513. The van der Waals surface area contributed by atoms with Gasteiger partial charge in [0.15, 0.2) is 0 Å². The lowest BCUT2D eigenvalue weighted by atomic mass is 10.1. The molecular weight excluding hydrogens is 308 g/mol. The second kappa shape index (κ2) is 7.01. The Morgan fingerprint density at radius 1 is 1.21 bits per heavy atom. The van der Waals surface area contributed by atoms with Crippen LogP contribution >= 0.6 is 15.9 Å². The van der Waals surface area contributed by atoms with Crippen molar-refractivity contribution in [2.24, 2.45) is 0 Å². The Balaban J connectivity index is 1.96. The molecular formula is C14H19BrN2O2. The summed E-state index contributed by atoms with van der Waals surface area (Å²) in [5.74, 6) is 0. The fourth-order valence-electron chi connectivity index (χ4n) is 2.59. The van der Waals surface area contributed by atoms with Crippen molar-refractivity contribution >= 4 is 21.6 Å². The van der Waals surface area contributed by atoms with Crippen molar-refractivity contribution in [1.82, 2.24) is 5.32 Å². The first-order valence-electron chi connectivity index (χ1n) is 6.82. The lowest BCUT2D eigenvalue weighted by Crippen LogP contribution is -2.27. The zero-order valence-electron chi connectivity index (χ0n) is 10.9. The highest BCUT2D eigenvalue weighted by Gasteiger charge is 2.13. The molecule has 0 atom stereocenters. The minimum absolute atomic E-state index is 0.145. The number of nitrogens with one attached hydrogen (secondary N) is 1. The fraction of sp³-hybridized carbons (Fsp3) is 0.571. The second-order valence-corrected chi connectivity index (χ2v) is 6.06. The van der Waals surface area contributed by atoms with Crippen molar-refractivity contribution in [3.63, 3.8) is 0 Å². The minimum Gasteiger partial charge on any atom is -0.310 e. The van der Waals surface area contributed by atoms with Gasteiger partial charge < -0.3 is 5.32 Å². The van der Waals surface area contributed by atoms with Crippen LogP contribution in [0.15, 0.2) is 22.7 Å². The molecule has 0 saturated heterocycles. The van der Waals surface area contributed by atoms with Crippen LogP contribution in [-0.2, 0) is 6.54 Å². The third kappa shape index (κ3) is 4.58. The molecule has 0 spiro atoms. The molecule has 0 unspecified atom stereocenters. The lowest BCUT2D eigenvalue weighted by Gasteiger charge is -2.16. The lowest BCUT2D eigenvalue weighted by molar-refractivity contribution is -0.385. The van der Waals surface area contributed by atoms with Crippen molar-refractivity contribution in [3.05, 3.63) is 38.3 Å². The normalized spacial score (nSPS) is 17.1. The topological polar surface area (TPSA) is 55.2 Å². The first-order chi connectivity index (χ1) is 9.15. The molecule has 0 heterocycles. The van der Waals surface area contributed by atoms with Gasteiger partial charge in [0.05, 0.1) is 4.92 Å². The van der Waals surface area contributed by atoms with Crippen LogP contribution in [-0.4, -0.2) is 11.0 Å². The summed E-state index contributed by atoms with van der Waals surface area (Å²) in [7, 11) is 0. The molecule has 1 N–H and O–H groups in total. The molecule has 0 aliphatic heterocycles. The molecule has 0 amide bonds. The summed E-state index contributed by atoms with van der Waals surface area (Å²) in [5.41, 5.74) is 1.11. The van der Waals surface area contributed by atoms with Crippen LogP contribution in [0.5, 0.6) is 0 Å². The molecule has 0 bridgehead atoms. The van der Waals surface area contributed by atoms with Crippen LogP contribution in [0.2, 0.25) is 0 Å². The number of hydrogen-bond donors (Lipinski definition) is 1. The van der Waals surface area contributed by atoms with Crippen molar-refractivity contribution in [3.8, 4) is 0 Å². The maximum atomic E-state index is 10.8. The molecule has 1 aromatic carbocycles. The molecule has 2 rings (SSSR count). The highest BCUT2D eigenvalue weighted by Crippen LogP contribution is 2.22. The molecule has 1 aliphatic rings. The van der Waals surface area contributed by atoms with Crippen LogP contribution in [0.25, 0.3) is 0 Å². The Labute approximate surface area is 121 Å². The molecule has 19 heavy (non-hydrogen) atoms. The predicted molar refractivity (Wildman–Crippen MR) is 79.1 cm³/mol. The first kappa shape index (κ1) is 14.5. The van der Waals surface area contributed by atoms with Crippen LogP contribution in [0.4, 0.5) is 5.69 Å². The van der Waals surface area contributed by atoms with E-state index in [1.165, 1.54) is 44.6 Å². The molecule has 4 nitrogen and oxygen atoms in total. The Morgan fingerprint density at radius 2 is 1.89 bits per heavy atom. The standard InChI is InChI=1S/C14H19BrN2O2/c15-12-7-11(8-14(9-12)17(18)19)10-16-13-5-3-1-2-4-6-13/h7-9,13,16H,1-6,10H2. The monoisotopic (exact) mass is 326 g/mol. The van der Waals surface area contributed by atoms with Crippen LogP contribution in [0, 0.1) is 10.1 Å². The third-order valence-corrected chi connectivity index (χ3v) is 4.06.